The molecule has 0 amide bonds. The summed E-state index contributed by atoms with van der Waals surface area (Å²) in [6.45, 7) is 0.212. The van der Waals surface area contributed by atoms with Gasteiger partial charge in [-0.05, 0) is 30.4 Å². The van der Waals surface area contributed by atoms with Crippen molar-refractivity contribution in [1.82, 2.24) is 0 Å². The molecule has 1 aliphatic rings. The Kier molecular flexibility index (Phi) is 4.56. The number of esters is 1. The summed E-state index contributed by atoms with van der Waals surface area (Å²) in [5.74, 6) is -0.368. The van der Waals surface area contributed by atoms with Crippen molar-refractivity contribution in [3.05, 3.63) is 71.8 Å². The number of rotatable bonds is 5. The largest absolute Gasteiger partial charge is 0.460 e. The number of Topliss-reactive ketones (excluding diaryl/α,β-unsaturated/α-hetero) is 1. The Labute approximate surface area is 136 Å². The maximum atomic E-state index is 12.7. The van der Waals surface area contributed by atoms with E-state index in [4.69, 9.17) is 4.74 Å². The molecule has 1 fully saturated rings. The van der Waals surface area contributed by atoms with E-state index >= 15 is 0 Å². The van der Waals surface area contributed by atoms with Gasteiger partial charge < -0.3 is 4.74 Å². The molecule has 23 heavy (non-hydrogen) atoms. The number of carbonyl (C=O) groups excluding carboxylic acids is 2. The SMILES string of the molecule is O=C1CCCC1(Cc1ccccc1)C(=O)OCc1ccccc1. The van der Waals surface area contributed by atoms with Crippen LogP contribution in [0, 0.1) is 5.41 Å². The van der Waals surface area contributed by atoms with Crippen molar-refractivity contribution < 1.29 is 14.3 Å². The molecule has 3 rings (SSSR count). The molecule has 2 aromatic rings. The van der Waals surface area contributed by atoms with Gasteiger partial charge in [0.05, 0.1) is 0 Å². The van der Waals surface area contributed by atoms with Crippen molar-refractivity contribution in [2.75, 3.05) is 0 Å². The van der Waals surface area contributed by atoms with E-state index in [1.807, 2.05) is 60.7 Å². The van der Waals surface area contributed by atoms with Gasteiger partial charge in [0.15, 0.2) is 5.78 Å². The Balaban J connectivity index is 1.76. The lowest BCUT2D eigenvalue weighted by atomic mass is 9.79. The van der Waals surface area contributed by atoms with Crippen molar-refractivity contribution in [2.45, 2.75) is 32.3 Å². The highest BCUT2D eigenvalue weighted by atomic mass is 16.5. The van der Waals surface area contributed by atoms with Gasteiger partial charge in [-0.3, -0.25) is 9.59 Å². The fourth-order valence-corrected chi connectivity index (χ4v) is 3.21. The molecule has 0 bridgehead atoms. The van der Waals surface area contributed by atoms with Gasteiger partial charge in [0, 0.05) is 6.42 Å². The first kappa shape index (κ1) is 15.5. The predicted molar refractivity (Wildman–Crippen MR) is 87.7 cm³/mol. The standard InChI is InChI=1S/C20H20O3/c21-18-12-7-13-20(18,14-16-8-3-1-4-9-16)19(22)23-15-17-10-5-2-6-11-17/h1-6,8-11H,7,12-15H2. The lowest BCUT2D eigenvalue weighted by Crippen LogP contribution is -2.39. The van der Waals surface area contributed by atoms with Crippen molar-refractivity contribution in [1.29, 1.82) is 0 Å². The Bertz CT molecular complexity index is 679. The van der Waals surface area contributed by atoms with Crippen LogP contribution in [0.25, 0.3) is 0 Å². The number of hydrogen-bond acceptors (Lipinski definition) is 3. The highest BCUT2D eigenvalue weighted by Crippen LogP contribution is 2.39. The van der Waals surface area contributed by atoms with Crippen LogP contribution >= 0.6 is 0 Å². The molecule has 1 unspecified atom stereocenters. The van der Waals surface area contributed by atoms with Crippen LogP contribution in [0.15, 0.2) is 60.7 Å². The molecule has 0 radical (unpaired) electrons. The summed E-state index contributed by atoms with van der Waals surface area (Å²) in [5, 5.41) is 0. The number of benzene rings is 2. The molecule has 1 saturated carbocycles. The normalized spacial score (nSPS) is 20.4. The van der Waals surface area contributed by atoms with E-state index in [-0.39, 0.29) is 18.4 Å². The fraction of sp³-hybridized carbons (Fsp3) is 0.300. The molecule has 2 aromatic carbocycles. The average molecular weight is 308 g/mol. The zero-order valence-electron chi connectivity index (χ0n) is 13.0. The second kappa shape index (κ2) is 6.78. The molecule has 0 aliphatic heterocycles. The van der Waals surface area contributed by atoms with E-state index in [1.54, 1.807) is 0 Å². The quantitative estimate of drug-likeness (QED) is 0.624. The molecule has 1 aliphatic carbocycles. The second-order valence-corrected chi connectivity index (χ2v) is 6.08. The zero-order chi connectivity index (χ0) is 16.1. The minimum absolute atomic E-state index is 0.0133. The topological polar surface area (TPSA) is 43.4 Å². The summed E-state index contributed by atoms with van der Waals surface area (Å²) in [6, 6.07) is 19.3. The Hall–Kier alpha value is -2.42. The van der Waals surface area contributed by atoms with E-state index < -0.39 is 5.41 Å². The van der Waals surface area contributed by atoms with E-state index in [9.17, 15) is 9.59 Å². The van der Waals surface area contributed by atoms with Gasteiger partial charge in [-0.25, -0.2) is 0 Å². The third-order valence-electron chi connectivity index (χ3n) is 4.49. The zero-order valence-corrected chi connectivity index (χ0v) is 13.0. The van der Waals surface area contributed by atoms with Crippen LogP contribution in [0.3, 0.4) is 0 Å². The molecular formula is C20H20O3. The molecule has 1 atom stereocenters. The van der Waals surface area contributed by atoms with Crippen LogP contribution in [-0.2, 0) is 27.4 Å². The highest BCUT2D eigenvalue weighted by Gasteiger charge is 2.49. The molecule has 0 heterocycles. The maximum Gasteiger partial charge on any atom is 0.320 e. The van der Waals surface area contributed by atoms with Crippen LogP contribution in [0.4, 0.5) is 0 Å². The molecule has 3 nitrogen and oxygen atoms in total. The predicted octanol–water partition coefficient (Wildman–Crippen LogP) is 3.71. The summed E-state index contributed by atoms with van der Waals surface area (Å²) in [7, 11) is 0. The first-order valence-electron chi connectivity index (χ1n) is 7.99. The van der Waals surface area contributed by atoms with Gasteiger partial charge >= 0.3 is 5.97 Å². The summed E-state index contributed by atoms with van der Waals surface area (Å²) in [5.41, 5.74) is 0.927. The molecule has 118 valence electrons. The van der Waals surface area contributed by atoms with E-state index in [2.05, 4.69) is 0 Å². The van der Waals surface area contributed by atoms with Gasteiger partial charge in [0.1, 0.15) is 12.0 Å². The first-order chi connectivity index (χ1) is 11.2. The van der Waals surface area contributed by atoms with Gasteiger partial charge in [-0.2, -0.15) is 0 Å². The van der Waals surface area contributed by atoms with Crippen molar-refractivity contribution in [3.8, 4) is 0 Å². The number of carbonyl (C=O) groups is 2. The molecule has 3 heteroatoms. The highest BCUT2D eigenvalue weighted by molar-refractivity contribution is 6.05. The van der Waals surface area contributed by atoms with Gasteiger partial charge in [-0.1, -0.05) is 60.7 Å². The number of ketones is 1. The van der Waals surface area contributed by atoms with Crippen LogP contribution in [0.5, 0.6) is 0 Å². The number of hydrogen-bond donors (Lipinski definition) is 0. The fourth-order valence-electron chi connectivity index (χ4n) is 3.21. The monoisotopic (exact) mass is 308 g/mol. The van der Waals surface area contributed by atoms with Crippen LogP contribution in [0.1, 0.15) is 30.4 Å². The Morgan fingerprint density at radius 1 is 0.957 bits per heavy atom. The molecular weight excluding hydrogens is 288 g/mol. The molecule has 0 aromatic heterocycles. The van der Waals surface area contributed by atoms with Crippen molar-refractivity contribution >= 4 is 11.8 Å². The van der Waals surface area contributed by atoms with Crippen LogP contribution in [-0.4, -0.2) is 11.8 Å². The third-order valence-corrected chi connectivity index (χ3v) is 4.49. The summed E-state index contributed by atoms with van der Waals surface area (Å²) < 4.78 is 5.50. The first-order valence-corrected chi connectivity index (χ1v) is 7.99. The van der Waals surface area contributed by atoms with Crippen molar-refractivity contribution in [2.24, 2.45) is 5.41 Å². The average Bonchev–Trinajstić information content (AvgIpc) is 2.96. The smallest absolute Gasteiger partial charge is 0.320 e. The summed E-state index contributed by atoms with van der Waals surface area (Å²) in [6.07, 6.45) is 2.23. The minimum atomic E-state index is -1.00. The minimum Gasteiger partial charge on any atom is -0.460 e. The van der Waals surface area contributed by atoms with Gasteiger partial charge in [0.25, 0.3) is 0 Å². The van der Waals surface area contributed by atoms with E-state index in [1.165, 1.54) is 0 Å². The van der Waals surface area contributed by atoms with Crippen molar-refractivity contribution in [3.63, 3.8) is 0 Å². The summed E-state index contributed by atoms with van der Waals surface area (Å²) in [4.78, 5) is 25.2. The molecule has 0 N–H and O–H groups in total. The van der Waals surface area contributed by atoms with Crippen LogP contribution < -0.4 is 0 Å². The lowest BCUT2D eigenvalue weighted by molar-refractivity contribution is -0.160. The Morgan fingerprint density at radius 3 is 2.13 bits per heavy atom. The second-order valence-electron chi connectivity index (χ2n) is 6.08. The lowest BCUT2D eigenvalue weighted by Gasteiger charge is -2.25. The van der Waals surface area contributed by atoms with Crippen LogP contribution in [0.2, 0.25) is 0 Å². The van der Waals surface area contributed by atoms with E-state index in [0.29, 0.717) is 19.3 Å². The number of ether oxygens (including phenoxy) is 1. The summed E-state index contributed by atoms with van der Waals surface area (Å²) >= 11 is 0. The van der Waals surface area contributed by atoms with Gasteiger partial charge in [-0.15, -0.1) is 0 Å². The molecule has 0 saturated heterocycles. The van der Waals surface area contributed by atoms with Gasteiger partial charge in [0.2, 0.25) is 0 Å². The maximum absolute atomic E-state index is 12.7. The Morgan fingerprint density at radius 2 is 1.57 bits per heavy atom. The third kappa shape index (κ3) is 3.34. The molecule has 0 spiro atoms. The van der Waals surface area contributed by atoms with E-state index in [0.717, 1.165) is 17.5 Å².